The molecular formula is C12H15N5O3. The molecule has 0 aliphatic heterocycles. The number of nitrogens with one attached hydrogen (secondary N) is 2. The van der Waals surface area contributed by atoms with E-state index < -0.39 is 17.9 Å². The van der Waals surface area contributed by atoms with Crippen molar-refractivity contribution in [3.8, 4) is 0 Å². The lowest BCUT2D eigenvalue weighted by molar-refractivity contribution is -0.139. The van der Waals surface area contributed by atoms with Gasteiger partial charge in [-0.3, -0.25) is 9.48 Å². The van der Waals surface area contributed by atoms with E-state index in [9.17, 15) is 14.7 Å². The Morgan fingerprint density at radius 1 is 1.55 bits per heavy atom. The number of rotatable bonds is 5. The van der Waals surface area contributed by atoms with Crippen LogP contribution in [0, 0.1) is 6.92 Å². The van der Waals surface area contributed by atoms with Crippen LogP contribution in [0.1, 0.15) is 21.9 Å². The number of hydrogen-bond donors (Lipinski definition) is 3. The molecule has 0 spiro atoms. The van der Waals surface area contributed by atoms with E-state index in [1.165, 1.54) is 17.2 Å². The van der Waals surface area contributed by atoms with Crippen LogP contribution in [0.15, 0.2) is 18.6 Å². The zero-order chi connectivity index (χ0) is 14.7. The highest BCUT2D eigenvalue weighted by atomic mass is 16.4. The number of imidazole rings is 1. The smallest absolute Gasteiger partial charge is 0.326 e. The number of H-pyrrole nitrogens is 1. The zero-order valence-electron chi connectivity index (χ0n) is 11.1. The quantitative estimate of drug-likeness (QED) is 0.705. The highest BCUT2D eigenvalue weighted by molar-refractivity contribution is 5.95. The van der Waals surface area contributed by atoms with Gasteiger partial charge in [-0.2, -0.15) is 5.10 Å². The average molecular weight is 277 g/mol. The van der Waals surface area contributed by atoms with Crippen LogP contribution in [0.2, 0.25) is 0 Å². The number of aromatic nitrogens is 4. The Kier molecular flexibility index (Phi) is 3.83. The number of hydrogen-bond acceptors (Lipinski definition) is 4. The van der Waals surface area contributed by atoms with Gasteiger partial charge in [-0.25, -0.2) is 9.78 Å². The molecule has 2 aromatic heterocycles. The van der Waals surface area contributed by atoms with Crippen LogP contribution < -0.4 is 5.32 Å². The van der Waals surface area contributed by atoms with E-state index >= 15 is 0 Å². The fourth-order valence-electron chi connectivity index (χ4n) is 1.87. The van der Waals surface area contributed by atoms with Crippen molar-refractivity contribution in [2.45, 2.75) is 19.4 Å². The van der Waals surface area contributed by atoms with Gasteiger partial charge in [0.25, 0.3) is 5.91 Å². The van der Waals surface area contributed by atoms with Gasteiger partial charge in [-0.15, -0.1) is 0 Å². The second-order valence-electron chi connectivity index (χ2n) is 4.44. The molecule has 0 saturated heterocycles. The Balaban J connectivity index is 2.10. The molecule has 2 aromatic rings. The summed E-state index contributed by atoms with van der Waals surface area (Å²) < 4.78 is 1.42. The zero-order valence-corrected chi connectivity index (χ0v) is 11.1. The van der Waals surface area contributed by atoms with E-state index in [1.807, 2.05) is 0 Å². The van der Waals surface area contributed by atoms with Gasteiger partial charge in [0.15, 0.2) is 0 Å². The Morgan fingerprint density at radius 2 is 2.30 bits per heavy atom. The predicted octanol–water partition coefficient (Wildman–Crippen LogP) is -0.123. The molecule has 0 bridgehead atoms. The minimum Gasteiger partial charge on any atom is -0.480 e. The number of aliphatic carboxylic acids is 1. The maximum atomic E-state index is 12.1. The molecule has 0 aromatic carbocycles. The van der Waals surface area contributed by atoms with Gasteiger partial charge in [-0.05, 0) is 13.0 Å². The fourth-order valence-corrected chi connectivity index (χ4v) is 1.87. The number of amides is 1. The van der Waals surface area contributed by atoms with Gasteiger partial charge in [0.1, 0.15) is 11.7 Å². The van der Waals surface area contributed by atoms with Crippen molar-refractivity contribution < 1.29 is 14.7 Å². The first-order valence-corrected chi connectivity index (χ1v) is 5.99. The maximum Gasteiger partial charge on any atom is 0.326 e. The summed E-state index contributed by atoms with van der Waals surface area (Å²) in [5.74, 6) is -1.58. The van der Waals surface area contributed by atoms with Crippen LogP contribution in [0.4, 0.5) is 0 Å². The lowest BCUT2D eigenvalue weighted by Gasteiger charge is -2.13. The normalized spacial score (nSPS) is 12.1. The summed E-state index contributed by atoms with van der Waals surface area (Å²) in [5, 5.41) is 15.7. The van der Waals surface area contributed by atoms with Gasteiger partial charge in [0.2, 0.25) is 0 Å². The van der Waals surface area contributed by atoms with Crippen molar-refractivity contribution in [1.29, 1.82) is 0 Å². The summed E-state index contributed by atoms with van der Waals surface area (Å²) >= 11 is 0. The van der Waals surface area contributed by atoms with Crippen molar-refractivity contribution in [3.05, 3.63) is 35.7 Å². The van der Waals surface area contributed by atoms with E-state index in [2.05, 4.69) is 20.4 Å². The third-order valence-corrected chi connectivity index (χ3v) is 2.82. The van der Waals surface area contributed by atoms with E-state index in [1.54, 1.807) is 20.0 Å². The maximum absolute atomic E-state index is 12.1. The van der Waals surface area contributed by atoms with E-state index in [0.29, 0.717) is 17.1 Å². The van der Waals surface area contributed by atoms with Crippen LogP contribution in [0.3, 0.4) is 0 Å². The molecule has 3 N–H and O–H groups in total. The monoisotopic (exact) mass is 277 g/mol. The van der Waals surface area contributed by atoms with Crippen LogP contribution in [-0.4, -0.2) is 42.8 Å². The van der Waals surface area contributed by atoms with Crippen molar-refractivity contribution in [3.63, 3.8) is 0 Å². The molecule has 20 heavy (non-hydrogen) atoms. The molecule has 0 fully saturated rings. The third kappa shape index (κ3) is 3.02. The Morgan fingerprint density at radius 3 is 2.80 bits per heavy atom. The van der Waals surface area contributed by atoms with Crippen LogP contribution in [-0.2, 0) is 18.3 Å². The van der Waals surface area contributed by atoms with Crippen molar-refractivity contribution in [2.75, 3.05) is 0 Å². The molecular weight excluding hydrogens is 262 g/mol. The van der Waals surface area contributed by atoms with Gasteiger partial charge >= 0.3 is 5.97 Å². The third-order valence-electron chi connectivity index (χ3n) is 2.82. The van der Waals surface area contributed by atoms with Crippen molar-refractivity contribution >= 4 is 11.9 Å². The molecule has 8 heteroatoms. The lowest BCUT2D eigenvalue weighted by atomic mass is 10.1. The minimum atomic E-state index is -1.10. The Hall–Kier alpha value is -2.64. The fraction of sp³-hybridized carbons (Fsp3) is 0.333. The number of carbonyl (C=O) groups excluding carboxylic acids is 1. The van der Waals surface area contributed by atoms with Gasteiger partial charge in [0, 0.05) is 25.4 Å². The van der Waals surface area contributed by atoms with E-state index in [0.717, 1.165) is 0 Å². The number of aromatic amines is 1. The molecule has 1 atom stereocenters. The molecule has 1 amide bonds. The number of aryl methyl sites for hydroxylation is 2. The first kappa shape index (κ1) is 13.8. The second kappa shape index (κ2) is 5.55. The summed E-state index contributed by atoms with van der Waals surface area (Å²) in [6.45, 7) is 1.76. The van der Waals surface area contributed by atoms with Crippen molar-refractivity contribution in [1.82, 2.24) is 25.1 Å². The first-order valence-electron chi connectivity index (χ1n) is 5.99. The van der Waals surface area contributed by atoms with Crippen LogP contribution >= 0.6 is 0 Å². The second-order valence-corrected chi connectivity index (χ2v) is 4.44. The molecule has 8 nitrogen and oxygen atoms in total. The van der Waals surface area contributed by atoms with E-state index in [-0.39, 0.29) is 6.42 Å². The largest absolute Gasteiger partial charge is 0.480 e. The standard InChI is InChI=1S/C12H15N5O3/c1-7-3-10(17(2)16-7)11(18)15-9(12(19)20)4-8-5-13-6-14-8/h3,5-6,9H,4H2,1-2H3,(H,13,14)(H,15,18)(H,19,20)/t9-/m0/s1. The van der Waals surface area contributed by atoms with Gasteiger partial charge in [-0.1, -0.05) is 0 Å². The molecule has 2 heterocycles. The van der Waals surface area contributed by atoms with Crippen LogP contribution in [0.25, 0.3) is 0 Å². The minimum absolute atomic E-state index is 0.137. The average Bonchev–Trinajstić information content (AvgIpc) is 2.97. The molecule has 0 aliphatic carbocycles. The summed E-state index contributed by atoms with van der Waals surface area (Å²) in [7, 11) is 1.63. The Bertz CT molecular complexity index is 617. The van der Waals surface area contributed by atoms with Crippen molar-refractivity contribution in [2.24, 2.45) is 7.05 Å². The first-order chi connectivity index (χ1) is 9.47. The lowest BCUT2D eigenvalue weighted by Crippen LogP contribution is -2.43. The summed E-state index contributed by atoms with van der Waals surface area (Å²) in [6, 6.07) is 0.572. The predicted molar refractivity (Wildman–Crippen MR) is 69.1 cm³/mol. The molecule has 0 radical (unpaired) electrons. The summed E-state index contributed by atoms with van der Waals surface area (Å²) in [5.41, 5.74) is 1.65. The number of nitrogens with zero attached hydrogens (tertiary/aromatic N) is 3. The summed E-state index contributed by atoms with van der Waals surface area (Å²) in [6.07, 6.45) is 3.12. The molecule has 106 valence electrons. The SMILES string of the molecule is Cc1cc(C(=O)N[C@@H](Cc2cnc[nH]2)C(=O)O)n(C)n1. The molecule has 0 unspecified atom stereocenters. The number of carboxylic acids is 1. The molecule has 0 aliphatic rings. The molecule has 2 rings (SSSR count). The number of carbonyl (C=O) groups is 2. The highest BCUT2D eigenvalue weighted by Crippen LogP contribution is 2.04. The van der Waals surface area contributed by atoms with Gasteiger partial charge in [0.05, 0.1) is 12.0 Å². The topological polar surface area (TPSA) is 113 Å². The van der Waals surface area contributed by atoms with E-state index in [4.69, 9.17) is 0 Å². The molecule has 0 saturated carbocycles. The number of carboxylic acid groups (broad SMARTS) is 1. The van der Waals surface area contributed by atoms with Crippen LogP contribution in [0.5, 0.6) is 0 Å². The summed E-state index contributed by atoms with van der Waals surface area (Å²) in [4.78, 5) is 29.9. The van der Waals surface area contributed by atoms with Gasteiger partial charge < -0.3 is 15.4 Å². The Labute approximate surface area is 114 Å². The highest BCUT2D eigenvalue weighted by Gasteiger charge is 2.23.